The molecule has 2 aliphatic rings. The summed E-state index contributed by atoms with van der Waals surface area (Å²) in [5.41, 5.74) is 1.49. The first-order chi connectivity index (χ1) is 9.72. The lowest BCUT2D eigenvalue weighted by Crippen LogP contribution is -2.47. The van der Waals surface area contributed by atoms with Gasteiger partial charge in [-0.1, -0.05) is 13.0 Å². The molecule has 114 valence electrons. The lowest BCUT2D eigenvalue weighted by Gasteiger charge is -2.39. The zero-order valence-corrected chi connectivity index (χ0v) is 13.8. The van der Waals surface area contributed by atoms with E-state index in [0.717, 1.165) is 25.9 Å². The molecule has 1 fully saturated rings. The first-order valence-corrected chi connectivity index (χ1v) is 9.14. The maximum absolute atomic E-state index is 11.8. The second-order valence-electron chi connectivity index (χ2n) is 5.76. The molecule has 0 bridgehead atoms. The lowest BCUT2D eigenvalue weighted by atomic mass is 9.92. The van der Waals surface area contributed by atoms with Crippen molar-refractivity contribution in [1.82, 2.24) is 9.80 Å². The first-order valence-electron chi connectivity index (χ1n) is 7.98. The van der Waals surface area contributed by atoms with Gasteiger partial charge in [-0.2, -0.15) is 11.8 Å². The Kier molecular flexibility index (Phi) is 6.43. The highest BCUT2D eigenvalue weighted by Gasteiger charge is 2.29. The highest BCUT2D eigenvalue weighted by Crippen LogP contribution is 2.26. The van der Waals surface area contributed by atoms with Crippen molar-refractivity contribution in [3.63, 3.8) is 0 Å². The number of likely N-dealkylation sites (tertiary alicyclic amines) is 1. The molecule has 0 aliphatic carbocycles. The molecule has 4 heteroatoms. The van der Waals surface area contributed by atoms with Crippen LogP contribution in [0.4, 0.5) is 0 Å². The van der Waals surface area contributed by atoms with Gasteiger partial charge in [0.1, 0.15) is 0 Å². The molecule has 0 spiro atoms. The van der Waals surface area contributed by atoms with Crippen molar-refractivity contribution in [1.29, 1.82) is 0 Å². The van der Waals surface area contributed by atoms with Crippen molar-refractivity contribution in [3.8, 4) is 0 Å². The fourth-order valence-electron chi connectivity index (χ4n) is 3.30. The Morgan fingerprint density at radius 2 is 2.25 bits per heavy atom. The average Bonchev–Trinajstić information content (AvgIpc) is 2.48. The summed E-state index contributed by atoms with van der Waals surface area (Å²) in [6.45, 7) is 8.32. The summed E-state index contributed by atoms with van der Waals surface area (Å²) in [7, 11) is 0. The first kappa shape index (κ1) is 15.9. The van der Waals surface area contributed by atoms with Gasteiger partial charge in [-0.3, -0.25) is 9.69 Å². The van der Waals surface area contributed by atoms with Crippen LogP contribution in [0.1, 0.15) is 39.5 Å². The Balaban J connectivity index is 1.93. The van der Waals surface area contributed by atoms with E-state index in [1.165, 1.54) is 43.0 Å². The number of carbonyl (C=O) groups excluding carboxylic acids is 1. The van der Waals surface area contributed by atoms with E-state index in [9.17, 15) is 4.79 Å². The van der Waals surface area contributed by atoms with Gasteiger partial charge in [0.2, 0.25) is 5.91 Å². The van der Waals surface area contributed by atoms with Gasteiger partial charge in [0.25, 0.3) is 0 Å². The van der Waals surface area contributed by atoms with E-state index in [1.807, 2.05) is 11.8 Å². The van der Waals surface area contributed by atoms with E-state index in [2.05, 4.69) is 22.8 Å². The fourth-order valence-corrected chi connectivity index (χ4v) is 3.97. The molecule has 2 rings (SSSR count). The maximum Gasteiger partial charge on any atom is 0.219 e. The van der Waals surface area contributed by atoms with E-state index in [0.29, 0.717) is 6.04 Å². The number of amides is 1. The topological polar surface area (TPSA) is 23.6 Å². The molecule has 0 N–H and O–H groups in total. The number of carbonyl (C=O) groups is 1. The number of nitrogens with zero attached hydrogens (tertiary/aromatic N) is 2. The van der Waals surface area contributed by atoms with Crippen LogP contribution in [0.2, 0.25) is 0 Å². The minimum Gasteiger partial charge on any atom is -0.336 e. The van der Waals surface area contributed by atoms with E-state index in [-0.39, 0.29) is 5.91 Å². The van der Waals surface area contributed by atoms with Crippen molar-refractivity contribution in [2.75, 3.05) is 37.7 Å². The molecule has 1 saturated heterocycles. The third-order valence-electron chi connectivity index (χ3n) is 4.35. The normalized spacial score (nSPS) is 24.6. The van der Waals surface area contributed by atoms with Gasteiger partial charge in [0.05, 0.1) is 6.04 Å². The van der Waals surface area contributed by atoms with Gasteiger partial charge in [0.15, 0.2) is 0 Å². The van der Waals surface area contributed by atoms with Gasteiger partial charge in [-0.25, -0.2) is 0 Å². The summed E-state index contributed by atoms with van der Waals surface area (Å²) in [4.78, 5) is 16.5. The van der Waals surface area contributed by atoms with Gasteiger partial charge >= 0.3 is 0 Å². The SMILES string of the molecule is CCSCCN1CCC=C([C@H]2CCCCN2C(C)=O)C1. The molecule has 1 amide bonds. The number of piperidine rings is 1. The molecule has 1 atom stereocenters. The van der Waals surface area contributed by atoms with E-state index >= 15 is 0 Å². The summed E-state index contributed by atoms with van der Waals surface area (Å²) >= 11 is 2.02. The maximum atomic E-state index is 11.8. The van der Waals surface area contributed by atoms with Crippen molar-refractivity contribution >= 4 is 17.7 Å². The molecule has 0 aromatic heterocycles. The van der Waals surface area contributed by atoms with Gasteiger partial charge in [-0.15, -0.1) is 0 Å². The van der Waals surface area contributed by atoms with Crippen molar-refractivity contribution < 1.29 is 4.79 Å². The van der Waals surface area contributed by atoms with Crippen LogP contribution in [-0.4, -0.2) is 59.4 Å². The Labute approximate surface area is 127 Å². The predicted octanol–water partition coefficient (Wildman–Crippen LogP) is 2.77. The Morgan fingerprint density at radius 3 is 3.00 bits per heavy atom. The predicted molar refractivity (Wildman–Crippen MR) is 87.2 cm³/mol. The Morgan fingerprint density at radius 1 is 1.40 bits per heavy atom. The zero-order chi connectivity index (χ0) is 14.4. The molecule has 0 aromatic rings. The Hall–Kier alpha value is -0.480. The fraction of sp³-hybridized carbons (Fsp3) is 0.812. The number of hydrogen-bond acceptors (Lipinski definition) is 3. The zero-order valence-electron chi connectivity index (χ0n) is 12.9. The third-order valence-corrected chi connectivity index (χ3v) is 5.23. The van der Waals surface area contributed by atoms with Crippen molar-refractivity contribution in [3.05, 3.63) is 11.6 Å². The molecule has 0 radical (unpaired) electrons. The van der Waals surface area contributed by atoms with Gasteiger partial charge in [0, 0.05) is 38.9 Å². The van der Waals surface area contributed by atoms with Crippen LogP contribution in [0.15, 0.2) is 11.6 Å². The summed E-state index contributed by atoms with van der Waals surface area (Å²) in [6, 6.07) is 0.378. The van der Waals surface area contributed by atoms with Crippen LogP contribution in [0.25, 0.3) is 0 Å². The average molecular weight is 296 g/mol. The molecule has 3 nitrogen and oxygen atoms in total. The highest BCUT2D eigenvalue weighted by atomic mass is 32.2. The highest BCUT2D eigenvalue weighted by molar-refractivity contribution is 7.99. The lowest BCUT2D eigenvalue weighted by molar-refractivity contribution is -0.131. The third kappa shape index (κ3) is 4.26. The van der Waals surface area contributed by atoms with E-state index in [1.54, 1.807) is 6.92 Å². The molecular weight excluding hydrogens is 268 g/mol. The van der Waals surface area contributed by atoms with Gasteiger partial charge in [-0.05, 0) is 37.0 Å². The molecule has 2 heterocycles. The standard InChI is InChI=1S/C16H28N2OS/c1-3-20-12-11-17-9-6-7-15(13-17)16-8-4-5-10-18(16)14(2)19/h7,16H,3-6,8-13H2,1-2H3/t16-/m1/s1. The number of thioether (sulfide) groups is 1. The summed E-state index contributed by atoms with van der Waals surface area (Å²) < 4.78 is 0. The molecule has 0 unspecified atom stereocenters. The van der Waals surface area contributed by atoms with Crippen molar-refractivity contribution in [2.45, 2.75) is 45.6 Å². The molecule has 2 aliphatic heterocycles. The molecule has 0 aromatic carbocycles. The largest absolute Gasteiger partial charge is 0.336 e. The minimum atomic E-state index is 0.245. The molecule has 0 saturated carbocycles. The van der Waals surface area contributed by atoms with Crippen LogP contribution < -0.4 is 0 Å². The van der Waals surface area contributed by atoms with Gasteiger partial charge < -0.3 is 4.90 Å². The van der Waals surface area contributed by atoms with Crippen molar-refractivity contribution in [2.24, 2.45) is 0 Å². The summed E-state index contributed by atoms with van der Waals surface area (Å²) in [6.07, 6.45) is 7.13. The van der Waals surface area contributed by atoms with Crippen LogP contribution in [0.3, 0.4) is 0 Å². The second kappa shape index (κ2) is 8.08. The molecular formula is C16H28N2OS. The number of rotatable bonds is 5. The van der Waals surface area contributed by atoms with Crippen LogP contribution in [-0.2, 0) is 4.79 Å². The van der Waals surface area contributed by atoms with Crippen LogP contribution in [0.5, 0.6) is 0 Å². The summed E-state index contributed by atoms with van der Waals surface area (Å²) in [5.74, 6) is 2.68. The quantitative estimate of drug-likeness (QED) is 0.576. The minimum absolute atomic E-state index is 0.245. The smallest absolute Gasteiger partial charge is 0.219 e. The van der Waals surface area contributed by atoms with Crippen LogP contribution in [0, 0.1) is 0 Å². The van der Waals surface area contributed by atoms with E-state index in [4.69, 9.17) is 0 Å². The second-order valence-corrected chi connectivity index (χ2v) is 7.16. The Bertz CT molecular complexity index is 356. The summed E-state index contributed by atoms with van der Waals surface area (Å²) in [5, 5.41) is 0. The number of hydrogen-bond donors (Lipinski definition) is 0. The molecule has 20 heavy (non-hydrogen) atoms. The van der Waals surface area contributed by atoms with Crippen LogP contribution >= 0.6 is 11.8 Å². The van der Waals surface area contributed by atoms with E-state index < -0.39 is 0 Å². The monoisotopic (exact) mass is 296 g/mol.